The smallest absolute Gasteiger partial charge is 0.208 e. The van der Waals surface area contributed by atoms with Crippen molar-refractivity contribution in [3.63, 3.8) is 0 Å². The molecule has 4 rings (SSSR count). The topological polar surface area (TPSA) is 96.1 Å². The number of aliphatic hydroxyl groups excluding tert-OH is 2. The normalized spacial score (nSPS) is 21.3. The van der Waals surface area contributed by atoms with Crippen molar-refractivity contribution in [3.8, 4) is 22.5 Å². The first-order valence-corrected chi connectivity index (χ1v) is 11.5. The van der Waals surface area contributed by atoms with Gasteiger partial charge in [-0.2, -0.15) is 0 Å². The molecule has 1 aliphatic rings. The van der Waals surface area contributed by atoms with Crippen LogP contribution in [-0.2, 0) is 0 Å². The molecule has 3 aromatic heterocycles. The Kier molecular flexibility index (Phi) is 6.06. The van der Waals surface area contributed by atoms with Gasteiger partial charge >= 0.3 is 0 Å². The Morgan fingerprint density at radius 1 is 1.31 bits per heavy atom. The third-order valence-electron chi connectivity index (χ3n) is 4.75. The predicted octanol–water partition coefficient (Wildman–Crippen LogP) is 3.11. The van der Waals surface area contributed by atoms with Crippen LogP contribution in [0.2, 0.25) is 0 Å². The van der Waals surface area contributed by atoms with E-state index >= 15 is 0 Å². The molecule has 4 heterocycles. The molecule has 9 heteroatoms. The number of unbranched alkanes of at least 4 members (excludes halogenated alkanes) is 2. The van der Waals surface area contributed by atoms with Crippen LogP contribution in [0.1, 0.15) is 37.4 Å². The Bertz CT molecular complexity index is 1050. The van der Waals surface area contributed by atoms with E-state index in [4.69, 9.17) is 9.97 Å². The van der Waals surface area contributed by atoms with Gasteiger partial charge in [-0.3, -0.25) is 4.57 Å². The van der Waals surface area contributed by atoms with E-state index in [1.54, 1.807) is 18.4 Å². The minimum atomic E-state index is -0.900. The first-order chi connectivity index (χ1) is 14.1. The van der Waals surface area contributed by atoms with Crippen molar-refractivity contribution in [3.05, 3.63) is 23.3 Å². The highest BCUT2D eigenvalue weighted by molar-refractivity contribution is 7.99. The maximum absolute atomic E-state index is 10.6. The largest absolute Gasteiger partial charge is 0.389 e. The number of aliphatic hydroxyl groups is 2. The molecule has 152 valence electrons. The summed E-state index contributed by atoms with van der Waals surface area (Å²) in [7, 11) is 1.79. The van der Waals surface area contributed by atoms with Crippen LogP contribution in [0.3, 0.4) is 0 Å². The summed E-state index contributed by atoms with van der Waals surface area (Å²) >= 11 is 3.07. The number of nitrogens with one attached hydrogen (secondary N) is 1. The number of imidazole rings is 1. The second-order valence-corrected chi connectivity index (χ2v) is 8.89. The van der Waals surface area contributed by atoms with Gasteiger partial charge in [0.1, 0.15) is 11.5 Å². The molecule has 3 N–H and O–H groups in total. The highest BCUT2D eigenvalue weighted by Gasteiger charge is 2.38. The second-order valence-electron chi connectivity index (χ2n) is 6.79. The fourth-order valence-electron chi connectivity index (χ4n) is 3.24. The number of anilines is 1. The molecule has 0 spiro atoms. The predicted molar refractivity (Wildman–Crippen MR) is 118 cm³/mol. The van der Waals surface area contributed by atoms with Crippen LogP contribution in [0.5, 0.6) is 0 Å². The van der Waals surface area contributed by atoms with E-state index in [2.05, 4.69) is 29.1 Å². The Morgan fingerprint density at radius 3 is 2.83 bits per heavy atom. The highest BCUT2D eigenvalue weighted by Crippen LogP contribution is 2.42. The van der Waals surface area contributed by atoms with Crippen LogP contribution in [-0.4, -0.2) is 54.7 Å². The maximum atomic E-state index is 10.6. The summed E-state index contributed by atoms with van der Waals surface area (Å²) in [4.78, 5) is 15.0. The van der Waals surface area contributed by atoms with Gasteiger partial charge < -0.3 is 15.5 Å². The van der Waals surface area contributed by atoms with Crippen LogP contribution in [0.15, 0.2) is 17.5 Å². The molecular formula is C20H23N5O2S2. The fourth-order valence-corrected chi connectivity index (χ4v) is 5.27. The Balaban J connectivity index is 1.90. The minimum absolute atomic E-state index is 0.382. The fraction of sp³-hybridized carbons (Fsp3) is 0.450. The molecular weight excluding hydrogens is 406 g/mol. The number of hydrogen-bond donors (Lipinski definition) is 3. The number of aromatic nitrogens is 4. The lowest BCUT2D eigenvalue weighted by Crippen LogP contribution is -2.28. The van der Waals surface area contributed by atoms with E-state index in [-0.39, 0.29) is 5.37 Å². The second kappa shape index (κ2) is 8.71. The first kappa shape index (κ1) is 20.2. The maximum Gasteiger partial charge on any atom is 0.208 e. The van der Waals surface area contributed by atoms with Gasteiger partial charge in [-0.25, -0.2) is 15.0 Å². The summed E-state index contributed by atoms with van der Waals surface area (Å²) < 4.78 is 1.92. The summed E-state index contributed by atoms with van der Waals surface area (Å²) in [6.07, 6.45) is 1.25. The summed E-state index contributed by atoms with van der Waals surface area (Å²) in [6.45, 7) is 2.13. The monoisotopic (exact) mass is 429 g/mol. The molecule has 7 nitrogen and oxygen atoms in total. The van der Waals surface area contributed by atoms with E-state index in [1.807, 2.05) is 22.1 Å². The number of nitrogens with zero attached hydrogens (tertiary/aromatic N) is 4. The van der Waals surface area contributed by atoms with Gasteiger partial charge in [0, 0.05) is 19.2 Å². The van der Waals surface area contributed by atoms with E-state index in [0.29, 0.717) is 34.4 Å². The lowest BCUT2D eigenvalue weighted by atomic mass is 10.2. The molecule has 1 fully saturated rings. The molecule has 29 heavy (non-hydrogen) atoms. The van der Waals surface area contributed by atoms with E-state index in [1.165, 1.54) is 11.8 Å². The SMILES string of the molecule is CCCCC#Cc1nc(NC)c2nc(-c3cccs3)n([C@@H]3SC[C@@H](O)[C@H]3O)c2n1. The molecule has 1 aliphatic heterocycles. The van der Waals surface area contributed by atoms with Gasteiger partial charge in [0.15, 0.2) is 22.8 Å². The van der Waals surface area contributed by atoms with Crippen molar-refractivity contribution < 1.29 is 10.2 Å². The lowest BCUT2D eigenvalue weighted by molar-refractivity contribution is 0.0316. The molecule has 0 radical (unpaired) electrons. The van der Waals surface area contributed by atoms with E-state index in [0.717, 1.165) is 24.1 Å². The van der Waals surface area contributed by atoms with Crippen molar-refractivity contribution in [2.24, 2.45) is 0 Å². The summed E-state index contributed by atoms with van der Waals surface area (Å²) in [6, 6.07) is 3.95. The van der Waals surface area contributed by atoms with Crippen LogP contribution in [0.4, 0.5) is 5.82 Å². The zero-order valence-electron chi connectivity index (χ0n) is 16.3. The van der Waals surface area contributed by atoms with E-state index in [9.17, 15) is 10.2 Å². The summed E-state index contributed by atoms with van der Waals surface area (Å²) in [5, 5.41) is 25.4. The third kappa shape index (κ3) is 3.85. The number of thioether (sulfide) groups is 1. The van der Waals surface area contributed by atoms with Crippen LogP contribution in [0.25, 0.3) is 21.9 Å². The van der Waals surface area contributed by atoms with Crippen molar-refractivity contribution in [1.82, 2.24) is 19.5 Å². The Labute approximate surface area is 177 Å². The van der Waals surface area contributed by atoms with Gasteiger partial charge in [0.25, 0.3) is 0 Å². The highest BCUT2D eigenvalue weighted by atomic mass is 32.2. The number of rotatable bonds is 5. The quantitative estimate of drug-likeness (QED) is 0.424. The first-order valence-electron chi connectivity index (χ1n) is 9.62. The van der Waals surface area contributed by atoms with Crippen molar-refractivity contribution in [1.29, 1.82) is 0 Å². The van der Waals surface area contributed by atoms with E-state index < -0.39 is 12.2 Å². The molecule has 0 unspecified atom stereocenters. The molecule has 3 aromatic rings. The van der Waals surface area contributed by atoms with Crippen molar-refractivity contribution in [2.75, 3.05) is 18.1 Å². The van der Waals surface area contributed by atoms with Gasteiger partial charge in [-0.1, -0.05) is 25.3 Å². The average molecular weight is 430 g/mol. The standard InChI is InChI=1S/C20H23N5O2S2/c1-3-4-5-6-9-14-22-17(21-2)15-19(23-14)25(20-16(27)12(26)11-29-20)18(24-15)13-8-7-10-28-13/h7-8,10,12,16,20,26-27H,3-5,11H2,1-2H3,(H,21,22,23)/t12-,16-,20-/m1/s1. The zero-order valence-corrected chi connectivity index (χ0v) is 17.9. The average Bonchev–Trinajstić information content (AvgIpc) is 3.45. The summed E-state index contributed by atoms with van der Waals surface area (Å²) in [5.74, 6) is 8.39. The van der Waals surface area contributed by atoms with Crippen molar-refractivity contribution >= 4 is 40.1 Å². The zero-order chi connectivity index (χ0) is 20.4. The Morgan fingerprint density at radius 2 is 2.17 bits per heavy atom. The van der Waals surface area contributed by atoms with Crippen LogP contribution in [0, 0.1) is 11.8 Å². The number of thiophene rings is 1. The summed E-state index contributed by atoms with van der Waals surface area (Å²) in [5.41, 5.74) is 1.24. The molecule has 0 amide bonds. The number of hydrogen-bond acceptors (Lipinski definition) is 8. The molecule has 0 saturated carbocycles. The van der Waals surface area contributed by atoms with Crippen LogP contribution >= 0.6 is 23.1 Å². The molecule has 3 atom stereocenters. The lowest BCUT2D eigenvalue weighted by Gasteiger charge is -2.19. The van der Waals surface area contributed by atoms with Gasteiger partial charge in [-0.15, -0.1) is 23.1 Å². The molecule has 0 aliphatic carbocycles. The van der Waals surface area contributed by atoms with Gasteiger partial charge in [-0.05, 0) is 23.8 Å². The van der Waals surface area contributed by atoms with Gasteiger partial charge in [0.05, 0.1) is 11.0 Å². The minimum Gasteiger partial charge on any atom is -0.389 e. The molecule has 0 aromatic carbocycles. The van der Waals surface area contributed by atoms with Crippen LogP contribution < -0.4 is 5.32 Å². The van der Waals surface area contributed by atoms with Crippen molar-refractivity contribution in [2.45, 2.75) is 43.8 Å². The Hall–Kier alpha value is -2.12. The van der Waals surface area contributed by atoms with Gasteiger partial charge in [0.2, 0.25) is 5.82 Å². The molecule has 0 bridgehead atoms. The molecule has 1 saturated heterocycles. The third-order valence-corrected chi connectivity index (χ3v) is 6.98. The number of fused-ring (bicyclic) bond motifs is 1.